The van der Waals surface area contributed by atoms with E-state index in [2.05, 4.69) is 4.90 Å². The first-order chi connectivity index (χ1) is 10.5. The summed E-state index contributed by atoms with van der Waals surface area (Å²) in [4.78, 5) is 2.09. The van der Waals surface area contributed by atoms with Crippen LogP contribution in [0.4, 0.5) is 8.78 Å². The number of hydrogen-bond donors (Lipinski definition) is 1. The molecular weight excluding hydrogens is 288 g/mol. The van der Waals surface area contributed by atoms with Gasteiger partial charge in [-0.05, 0) is 56.7 Å². The SMILES string of the molecule is COc1ccc(F)c(F)c1CN(C)C1C[C@H]2CC(O)C[C@H]2C1. The van der Waals surface area contributed by atoms with Crippen molar-refractivity contribution in [2.45, 2.75) is 44.4 Å². The van der Waals surface area contributed by atoms with Gasteiger partial charge in [-0.1, -0.05) is 0 Å². The molecule has 5 heteroatoms. The molecule has 3 rings (SSSR count). The van der Waals surface area contributed by atoms with E-state index in [1.165, 1.54) is 13.2 Å². The number of rotatable bonds is 4. The Morgan fingerprint density at radius 3 is 2.41 bits per heavy atom. The molecule has 122 valence electrons. The zero-order valence-corrected chi connectivity index (χ0v) is 13.1. The maximum atomic E-state index is 14.1. The molecule has 1 aromatic rings. The molecule has 2 aliphatic carbocycles. The van der Waals surface area contributed by atoms with Gasteiger partial charge in [-0.15, -0.1) is 0 Å². The Bertz CT molecular complexity index is 538. The molecule has 0 aromatic heterocycles. The van der Waals surface area contributed by atoms with Gasteiger partial charge in [0.25, 0.3) is 0 Å². The molecule has 3 nitrogen and oxygen atoms in total. The van der Waals surface area contributed by atoms with Gasteiger partial charge in [-0.2, -0.15) is 0 Å². The number of halogens is 2. The number of hydrogen-bond acceptors (Lipinski definition) is 3. The summed E-state index contributed by atoms with van der Waals surface area (Å²) >= 11 is 0. The van der Waals surface area contributed by atoms with Crippen LogP contribution in [0.3, 0.4) is 0 Å². The molecule has 2 unspecified atom stereocenters. The van der Waals surface area contributed by atoms with Crippen LogP contribution in [0.15, 0.2) is 12.1 Å². The maximum Gasteiger partial charge on any atom is 0.167 e. The molecule has 0 spiro atoms. The lowest BCUT2D eigenvalue weighted by Gasteiger charge is -2.26. The standard InChI is InChI=1S/C17H23F2NO2/c1-20(12-5-10-7-13(21)8-11(10)6-12)9-14-16(22-2)4-3-15(18)17(14)19/h3-4,10-13,21H,5-9H2,1-2H3/t10-,11+,12?,13?. The minimum absolute atomic E-state index is 0.151. The highest BCUT2D eigenvalue weighted by molar-refractivity contribution is 5.35. The molecule has 0 bridgehead atoms. The van der Waals surface area contributed by atoms with E-state index < -0.39 is 11.6 Å². The topological polar surface area (TPSA) is 32.7 Å². The van der Waals surface area contributed by atoms with Gasteiger partial charge in [0.15, 0.2) is 11.6 Å². The highest BCUT2D eigenvalue weighted by atomic mass is 19.2. The summed E-state index contributed by atoms with van der Waals surface area (Å²) in [5.41, 5.74) is 0.280. The predicted octanol–water partition coefficient (Wildman–Crippen LogP) is 2.95. The first-order valence-electron chi connectivity index (χ1n) is 7.88. The second-order valence-corrected chi connectivity index (χ2v) is 6.73. The highest BCUT2D eigenvalue weighted by Crippen LogP contribution is 2.45. The Balaban J connectivity index is 1.70. The quantitative estimate of drug-likeness (QED) is 0.928. The molecule has 0 saturated heterocycles. The number of aliphatic hydroxyl groups excluding tert-OH is 1. The number of nitrogens with zero attached hydrogens (tertiary/aromatic N) is 1. The summed E-state index contributed by atoms with van der Waals surface area (Å²) in [6.45, 7) is 0.333. The summed E-state index contributed by atoms with van der Waals surface area (Å²) in [5.74, 6) is -0.127. The average Bonchev–Trinajstić information content (AvgIpc) is 3.01. The van der Waals surface area contributed by atoms with Gasteiger partial charge in [0.1, 0.15) is 5.75 Å². The summed E-state index contributed by atoms with van der Waals surface area (Å²) in [7, 11) is 3.42. The Morgan fingerprint density at radius 1 is 1.18 bits per heavy atom. The van der Waals surface area contributed by atoms with Crippen molar-refractivity contribution in [3.63, 3.8) is 0 Å². The fourth-order valence-electron chi connectivity index (χ4n) is 4.20. The first kappa shape index (κ1) is 15.7. The van der Waals surface area contributed by atoms with Gasteiger partial charge in [0.2, 0.25) is 0 Å². The second-order valence-electron chi connectivity index (χ2n) is 6.73. The lowest BCUT2D eigenvalue weighted by Crippen LogP contribution is -2.30. The number of ether oxygens (including phenoxy) is 1. The van der Waals surface area contributed by atoms with E-state index in [0.717, 1.165) is 31.7 Å². The Hall–Kier alpha value is -1.20. The molecule has 2 saturated carbocycles. The smallest absolute Gasteiger partial charge is 0.167 e. The van der Waals surface area contributed by atoms with Crippen LogP contribution in [-0.4, -0.2) is 36.3 Å². The second kappa shape index (κ2) is 6.13. The molecule has 0 heterocycles. The molecular formula is C17H23F2NO2. The molecule has 2 fully saturated rings. The van der Waals surface area contributed by atoms with Crippen LogP contribution in [0, 0.1) is 23.5 Å². The Kier molecular flexibility index (Phi) is 4.37. The van der Waals surface area contributed by atoms with Gasteiger partial charge < -0.3 is 9.84 Å². The van der Waals surface area contributed by atoms with E-state index in [4.69, 9.17) is 4.74 Å². The van der Waals surface area contributed by atoms with Crippen molar-refractivity contribution < 1.29 is 18.6 Å². The molecule has 22 heavy (non-hydrogen) atoms. The maximum absolute atomic E-state index is 14.1. The van der Waals surface area contributed by atoms with Crippen molar-refractivity contribution in [2.75, 3.05) is 14.2 Å². The van der Waals surface area contributed by atoms with Crippen LogP contribution in [0.5, 0.6) is 5.75 Å². The molecule has 0 aliphatic heterocycles. The van der Waals surface area contributed by atoms with Gasteiger partial charge >= 0.3 is 0 Å². The van der Waals surface area contributed by atoms with Crippen molar-refractivity contribution in [3.8, 4) is 5.75 Å². The predicted molar refractivity (Wildman–Crippen MR) is 79.6 cm³/mol. The van der Waals surface area contributed by atoms with Crippen molar-refractivity contribution in [3.05, 3.63) is 29.3 Å². The molecule has 2 aliphatic rings. The van der Waals surface area contributed by atoms with Gasteiger partial charge in [0.05, 0.1) is 13.2 Å². The van der Waals surface area contributed by atoms with E-state index in [-0.39, 0.29) is 11.7 Å². The van der Waals surface area contributed by atoms with E-state index in [9.17, 15) is 13.9 Å². The summed E-state index contributed by atoms with van der Waals surface area (Å²) < 4.78 is 32.7. The van der Waals surface area contributed by atoms with Gasteiger partial charge in [-0.25, -0.2) is 8.78 Å². The Labute approximate surface area is 129 Å². The summed E-state index contributed by atoms with van der Waals surface area (Å²) in [5, 5.41) is 9.71. The number of aliphatic hydroxyl groups is 1. The molecule has 0 radical (unpaired) electrons. The zero-order valence-electron chi connectivity index (χ0n) is 13.1. The summed E-state index contributed by atoms with van der Waals surface area (Å²) in [6, 6.07) is 2.93. The number of benzene rings is 1. The van der Waals surface area contributed by atoms with Crippen LogP contribution in [0.2, 0.25) is 0 Å². The number of methoxy groups -OCH3 is 1. The van der Waals surface area contributed by atoms with Crippen LogP contribution >= 0.6 is 0 Å². The van der Waals surface area contributed by atoms with E-state index in [0.29, 0.717) is 30.2 Å². The third-order valence-corrected chi connectivity index (χ3v) is 5.37. The van der Waals surface area contributed by atoms with Crippen molar-refractivity contribution in [2.24, 2.45) is 11.8 Å². The third-order valence-electron chi connectivity index (χ3n) is 5.37. The van der Waals surface area contributed by atoms with Crippen LogP contribution in [-0.2, 0) is 6.54 Å². The van der Waals surface area contributed by atoms with E-state index in [1.54, 1.807) is 0 Å². The fraction of sp³-hybridized carbons (Fsp3) is 0.647. The molecule has 1 aromatic carbocycles. The van der Waals surface area contributed by atoms with E-state index >= 15 is 0 Å². The highest BCUT2D eigenvalue weighted by Gasteiger charge is 2.42. The third kappa shape index (κ3) is 2.84. The molecule has 0 amide bonds. The van der Waals surface area contributed by atoms with Gasteiger partial charge in [0, 0.05) is 18.2 Å². The normalized spacial score (nSPS) is 30.8. The minimum Gasteiger partial charge on any atom is -0.496 e. The van der Waals surface area contributed by atoms with Crippen molar-refractivity contribution >= 4 is 0 Å². The van der Waals surface area contributed by atoms with Gasteiger partial charge in [-0.3, -0.25) is 4.90 Å². The fourth-order valence-corrected chi connectivity index (χ4v) is 4.20. The summed E-state index contributed by atoms with van der Waals surface area (Å²) in [6.07, 6.45) is 3.66. The largest absolute Gasteiger partial charge is 0.496 e. The molecule has 1 N–H and O–H groups in total. The Morgan fingerprint density at radius 2 is 1.82 bits per heavy atom. The molecule has 4 atom stereocenters. The lowest BCUT2D eigenvalue weighted by atomic mass is 10.0. The number of fused-ring (bicyclic) bond motifs is 1. The van der Waals surface area contributed by atoms with Crippen molar-refractivity contribution in [1.29, 1.82) is 0 Å². The van der Waals surface area contributed by atoms with Crippen LogP contribution in [0.1, 0.15) is 31.2 Å². The van der Waals surface area contributed by atoms with Crippen LogP contribution < -0.4 is 4.74 Å². The van der Waals surface area contributed by atoms with Crippen molar-refractivity contribution in [1.82, 2.24) is 4.90 Å². The monoisotopic (exact) mass is 311 g/mol. The average molecular weight is 311 g/mol. The van der Waals surface area contributed by atoms with E-state index in [1.807, 2.05) is 7.05 Å². The zero-order chi connectivity index (χ0) is 15.9. The first-order valence-corrected chi connectivity index (χ1v) is 7.88. The minimum atomic E-state index is -0.837. The lowest BCUT2D eigenvalue weighted by molar-refractivity contribution is 0.157. The van der Waals surface area contributed by atoms with Crippen LogP contribution in [0.25, 0.3) is 0 Å².